The maximum absolute atomic E-state index is 13.3. The Kier molecular flexibility index (Phi) is 9.23. The molecule has 0 aromatic heterocycles. The fourth-order valence-corrected chi connectivity index (χ4v) is 6.06. The van der Waals surface area contributed by atoms with Crippen molar-refractivity contribution in [3.05, 3.63) is 30.3 Å². The second-order valence-corrected chi connectivity index (χ2v) is 12.1. The number of halogens is 3. The van der Waals surface area contributed by atoms with Crippen molar-refractivity contribution in [3.63, 3.8) is 0 Å². The van der Waals surface area contributed by atoms with E-state index < -0.39 is 58.8 Å². The van der Waals surface area contributed by atoms with E-state index in [4.69, 9.17) is 0 Å². The molecule has 0 radical (unpaired) electrons. The van der Waals surface area contributed by atoms with Crippen molar-refractivity contribution in [3.8, 4) is 0 Å². The number of nitrogens with zero attached hydrogens (tertiary/aromatic N) is 1. The zero-order valence-corrected chi connectivity index (χ0v) is 22.9. The number of alkyl halides is 3. The number of likely N-dealkylation sites (tertiary alicyclic amines) is 1. The minimum atomic E-state index is -5.06. The number of carbonyl (C=O) groups excluding carboxylic acids is 4. The Balaban J connectivity index is 1.38. The first-order valence-electron chi connectivity index (χ1n) is 13.2. The van der Waals surface area contributed by atoms with Crippen molar-refractivity contribution in [1.82, 2.24) is 20.3 Å². The number of para-hydroxylation sites is 1. The molecule has 226 valence electrons. The lowest BCUT2D eigenvalue weighted by molar-refractivity contribution is -0.321. The second kappa shape index (κ2) is 12.3. The molecule has 2 saturated heterocycles. The lowest BCUT2D eigenvalue weighted by Gasteiger charge is -2.27. The first kappa shape index (κ1) is 30.7. The van der Waals surface area contributed by atoms with Gasteiger partial charge in [0.05, 0.1) is 6.04 Å². The van der Waals surface area contributed by atoms with Gasteiger partial charge >= 0.3 is 6.36 Å². The maximum Gasteiger partial charge on any atom is 0.522 e. The molecule has 1 aromatic rings. The van der Waals surface area contributed by atoms with Crippen LogP contribution in [-0.4, -0.2) is 81.5 Å². The normalized spacial score (nSPS) is 22.3. The molecule has 3 atom stereocenters. The predicted molar refractivity (Wildman–Crippen MR) is 138 cm³/mol. The number of hydrogen-bond acceptors (Lipinski definition) is 7. The van der Waals surface area contributed by atoms with E-state index in [0.29, 0.717) is 25.1 Å². The van der Waals surface area contributed by atoms with Crippen LogP contribution in [0.1, 0.15) is 38.5 Å². The van der Waals surface area contributed by atoms with Crippen LogP contribution in [0.15, 0.2) is 30.3 Å². The van der Waals surface area contributed by atoms with Crippen molar-refractivity contribution in [1.29, 1.82) is 0 Å². The van der Waals surface area contributed by atoms with Crippen molar-refractivity contribution in [2.24, 2.45) is 11.3 Å². The van der Waals surface area contributed by atoms with E-state index >= 15 is 0 Å². The Labute approximate surface area is 234 Å². The SMILES string of the molecule is O=C1NCC[C@H]1C[C@H](NC(=O)[C@@H]1CC2(CC2)CN1C(=O)CCNS(=O)(=O)Nc1ccccc1)C(=O)COC(F)(F)F. The van der Waals surface area contributed by atoms with E-state index in [1.165, 1.54) is 4.90 Å². The lowest BCUT2D eigenvalue weighted by Crippen LogP contribution is -2.52. The van der Waals surface area contributed by atoms with Crippen LogP contribution >= 0.6 is 0 Å². The number of anilines is 1. The van der Waals surface area contributed by atoms with Crippen LogP contribution in [0.4, 0.5) is 18.9 Å². The number of carbonyl (C=O) groups is 4. The zero-order chi connectivity index (χ0) is 29.8. The van der Waals surface area contributed by atoms with Crippen LogP contribution < -0.4 is 20.1 Å². The Hall–Kier alpha value is -3.24. The first-order valence-corrected chi connectivity index (χ1v) is 14.7. The summed E-state index contributed by atoms with van der Waals surface area (Å²) in [6.45, 7) is -0.974. The standard InChI is InChI=1S/C25H32F3N5O7S/c26-25(27,28)40-14-20(34)18(12-16-6-10-29-22(16)36)31-23(37)19-13-24(8-9-24)15-33(19)21(35)7-11-30-41(38,39)32-17-4-2-1-3-5-17/h1-5,16,18-19,30,32H,6-15H2,(H,29,36)(H,31,37)/t16-,18-,19-/m0/s1. The zero-order valence-electron chi connectivity index (χ0n) is 22.0. The molecule has 41 heavy (non-hydrogen) atoms. The molecule has 2 aliphatic heterocycles. The Morgan fingerprint density at radius 1 is 1.17 bits per heavy atom. The van der Waals surface area contributed by atoms with Crippen molar-refractivity contribution in [2.45, 2.75) is 57.0 Å². The number of ether oxygens (including phenoxy) is 1. The van der Waals surface area contributed by atoms with Gasteiger partial charge in [0.2, 0.25) is 17.7 Å². The number of nitrogens with one attached hydrogen (secondary N) is 4. The molecule has 4 N–H and O–H groups in total. The summed E-state index contributed by atoms with van der Waals surface area (Å²) in [6, 6.07) is 5.70. The van der Waals surface area contributed by atoms with Crippen LogP contribution in [-0.2, 0) is 34.1 Å². The van der Waals surface area contributed by atoms with Gasteiger partial charge < -0.3 is 15.5 Å². The summed E-state index contributed by atoms with van der Waals surface area (Å²) in [5, 5.41) is 5.05. The largest absolute Gasteiger partial charge is 0.522 e. The van der Waals surface area contributed by atoms with E-state index in [2.05, 4.69) is 24.8 Å². The summed E-state index contributed by atoms with van der Waals surface area (Å²) in [4.78, 5) is 52.5. The third-order valence-electron chi connectivity index (χ3n) is 7.51. The number of hydrogen-bond donors (Lipinski definition) is 4. The molecule has 4 rings (SSSR count). The second-order valence-electron chi connectivity index (χ2n) is 10.6. The highest BCUT2D eigenvalue weighted by molar-refractivity contribution is 7.90. The Morgan fingerprint density at radius 3 is 2.49 bits per heavy atom. The number of ketones is 1. The average molecular weight is 604 g/mol. The van der Waals surface area contributed by atoms with Crippen molar-refractivity contribution in [2.75, 3.05) is 31.0 Å². The van der Waals surface area contributed by atoms with Gasteiger partial charge in [-0.2, -0.15) is 13.1 Å². The summed E-state index contributed by atoms with van der Waals surface area (Å²) in [6.07, 6.45) is -3.31. The van der Waals surface area contributed by atoms with E-state index in [-0.39, 0.29) is 37.3 Å². The van der Waals surface area contributed by atoms with Gasteiger partial charge in [0.25, 0.3) is 10.2 Å². The molecular weight excluding hydrogens is 571 g/mol. The molecule has 1 aromatic carbocycles. The van der Waals surface area contributed by atoms with Crippen molar-refractivity contribution < 1.29 is 45.5 Å². The molecule has 0 unspecified atom stereocenters. The van der Waals surface area contributed by atoms with E-state index in [0.717, 1.165) is 12.8 Å². The molecule has 0 bridgehead atoms. The maximum atomic E-state index is 13.3. The number of benzene rings is 1. The van der Waals surface area contributed by atoms with Gasteiger partial charge in [0, 0.05) is 37.7 Å². The molecule has 3 fully saturated rings. The minimum absolute atomic E-state index is 0.209. The van der Waals surface area contributed by atoms with Crippen LogP contribution in [0, 0.1) is 11.3 Å². The topological polar surface area (TPSA) is 163 Å². The summed E-state index contributed by atoms with van der Waals surface area (Å²) in [7, 11) is -3.96. The molecule has 1 spiro atoms. The van der Waals surface area contributed by atoms with E-state index in [1.807, 2.05) is 0 Å². The predicted octanol–water partition coefficient (Wildman–Crippen LogP) is 0.821. The Morgan fingerprint density at radius 2 is 1.88 bits per heavy atom. The van der Waals surface area contributed by atoms with Gasteiger partial charge in [-0.15, -0.1) is 13.2 Å². The van der Waals surface area contributed by atoms with Gasteiger partial charge in [-0.05, 0) is 49.7 Å². The summed E-state index contributed by atoms with van der Waals surface area (Å²) in [5.41, 5.74) is 0.0640. The quantitative estimate of drug-likeness (QED) is 0.259. The molecule has 2 heterocycles. The lowest BCUT2D eigenvalue weighted by atomic mass is 9.95. The van der Waals surface area contributed by atoms with Gasteiger partial charge in [0.15, 0.2) is 5.78 Å². The van der Waals surface area contributed by atoms with Gasteiger partial charge in [-0.1, -0.05) is 18.2 Å². The monoisotopic (exact) mass is 603 g/mol. The van der Waals surface area contributed by atoms with Gasteiger partial charge in [0.1, 0.15) is 12.6 Å². The third kappa shape index (κ3) is 8.63. The number of amides is 3. The van der Waals surface area contributed by atoms with Gasteiger partial charge in [-0.25, -0.2) is 0 Å². The number of Topliss-reactive ketones (excluding diaryl/α,β-unsaturated/α-hetero) is 1. The number of rotatable bonds is 13. The summed E-state index contributed by atoms with van der Waals surface area (Å²) >= 11 is 0. The fraction of sp³-hybridized carbons (Fsp3) is 0.600. The van der Waals surface area contributed by atoms with Gasteiger partial charge in [-0.3, -0.25) is 28.6 Å². The van der Waals surface area contributed by atoms with Crippen LogP contribution in [0.5, 0.6) is 0 Å². The molecule has 3 amide bonds. The fourth-order valence-electron chi connectivity index (χ4n) is 5.17. The Bertz CT molecular complexity index is 1260. The molecule has 1 aliphatic carbocycles. The minimum Gasteiger partial charge on any atom is -0.356 e. The van der Waals surface area contributed by atoms with Crippen molar-refractivity contribution >= 4 is 39.4 Å². The molecular formula is C25H32F3N5O7S. The molecule has 1 saturated carbocycles. The highest BCUT2D eigenvalue weighted by atomic mass is 32.2. The van der Waals surface area contributed by atoms with Crippen LogP contribution in [0.25, 0.3) is 0 Å². The molecule has 12 nitrogen and oxygen atoms in total. The highest BCUT2D eigenvalue weighted by Gasteiger charge is 2.55. The molecule has 16 heteroatoms. The third-order valence-corrected chi connectivity index (χ3v) is 8.60. The van der Waals surface area contributed by atoms with E-state index in [1.54, 1.807) is 30.3 Å². The van der Waals surface area contributed by atoms with Crippen LogP contribution in [0.2, 0.25) is 0 Å². The highest BCUT2D eigenvalue weighted by Crippen LogP contribution is 2.55. The summed E-state index contributed by atoms with van der Waals surface area (Å²) in [5.74, 6) is -3.31. The molecule has 3 aliphatic rings. The average Bonchev–Trinajstić information content (AvgIpc) is 3.35. The smallest absolute Gasteiger partial charge is 0.356 e. The summed E-state index contributed by atoms with van der Waals surface area (Å²) < 4.78 is 70.5. The van der Waals surface area contributed by atoms with Crippen LogP contribution in [0.3, 0.4) is 0 Å². The van der Waals surface area contributed by atoms with E-state index in [9.17, 15) is 40.8 Å². The first-order chi connectivity index (χ1) is 19.3.